The van der Waals surface area contributed by atoms with E-state index in [9.17, 15) is 0 Å². The largest absolute Gasteiger partial charge is 0.308 e. The lowest BCUT2D eigenvalue weighted by Gasteiger charge is -2.09. The summed E-state index contributed by atoms with van der Waals surface area (Å²) in [6, 6.07) is 55.7. The first-order valence-corrected chi connectivity index (χ1v) is 16.9. The van der Waals surface area contributed by atoms with Crippen molar-refractivity contribution in [2.45, 2.75) is 0 Å². The van der Waals surface area contributed by atoms with Gasteiger partial charge in [0.15, 0.2) is 0 Å². The van der Waals surface area contributed by atoms with Crippen LogP contribution in [0, 0.1) is 0 Å². The quantitative estimate of drug-likeness (QED) is 0.188. The molecule has 0 atom stereocenters. The van der Waals surface area contributed by atoms with Crippen LogP contribution in [0.5, 0.6) is 0 Å². The Hall–Kier alpha value is -5.22. The molecule has 10 rings (SSSR count). The fraction of sp³-hybridized carbons (Fsp3) is 0. The van der Waals surface area contributed by atoms with Crippen LogP contribution in [0.4, 0.5) is 0 Å². The molecule has 0 saturated heterocycles. The van der Waals surface area contributed by atoms with Gasteiger partial charge < -0.3 is 4.57 Å². The number of aromatic nitrogens is 1. The van der Waals surface area contributed by atoms with Crippen molar-refractivity contribution in [1.82, 2.24) is 4.57 Å². The van der Waals surface area contributed by atoms with Gasteiger partial charge in [0.1, 0.15) is 0 Å². The molecule has 0 unspecified atom stereocenters. The first kappa shape index (κ1) is 25.1. The van der Waals surface area contributed by atoms with Gasteiger partial charge in [-0.25, -0.2) is 0 Å². The lowest BCUT2D eigenvalue weighted by atomic mass is 9.95. The van der Waals surface area contributed by atoms with Gasteiger partial charge >= 0.3 is 0 Å². The highest BCUT2D eigenvalue weighted by molar-refractivity contribution is 7.27. The molecule has 3 aromatic heterocycles. The maximum Gasteiger partial charge on any atom is 0.0727 e. The van der Waals surface area contributed by atoms with E-state index in [0.717, 1.165) is 0 Å². The third kappa shape index (κ3) is 3.72. The molecule has 0 saturated carbocycles. The SMILES string of the molecule is c1ccc(-n2c3ccccc3c3sc4cc(-c5cccc(-c6cccc7sc8c9ccccc9ccc8c67)c5)ccc4c32)cc1. The van der Waals surface area contributed by atoms with Gasteiger partial charge in [-0.2, -0.15) is 0 Å². The molecule has 3 heteroatoms. The monoisotopic (exact) mass is 607 g/mol. The molecule has 10 aromatic rings. The van der Waals surface area contributed by atoms with Crippen LogP contribution >= 0.6 is 22.7 Å². The minimum absolute atomic E-state index is 1.20. The first-order valence-electron chi connectivity index (χ1n) is 15.3. The maximum atomic E-state index is 2.43. The third-order valence-electron chi connectivity index (χ3n) is 9.19. The van der Waals surface area contributed by atoms with E-state index in [0.29, 0.717) is 0 Å². The van der Waals surface area contributed by atoms with E-state index in [4.69, 9.17) is 0 Å². The van der Waals surface area contributed by atoms with Crippen molar-refractivity contribution in [2.75, 3.05) is 0 Å². The molecule has 1 nitrogen and oxygen atoms in total. The number of rotatable bonds is 3. The Kier molecular flexibility index (Phi) is 5.39. The second-order valence-electron chi connectivity index (χ2n) is 11.7. The van der Waals surface area contributed by atoms with E-state index < -0.39 is 0 Å². The highest BCUT2D eigenvalue weighted by Gasteiger charge is 2.18. The van der Waals surface area contributed by atoms with E-state index in [1.807, 2.05) is 22.7 Å². The molecule has 210 valence electrons. The lowest BCUT2D eigenvalue weighted by molar-refractivity contribution is 1.19. The van der Waals surface area contributed by atoms with Gasteiger partial charge in [-0.3, -0.25) is 0 Å². The summed E-state index contributed by atoms with van der Waals surface area (Å²) < 4.78 is 7.80. The number of hydrogen-bond acceptors (Lipinski definition) is 2. The number of para-hydroxylation sites is 2. The van der Waals surface area contributed by atoms with Crippen LogP contribution in [0.2, 0.25) is 0 Å². The molecule has 0 radical (unpaired) electrons. The van der Waals surface area contributed by atoms with Gasteiger partial charge in [0.25, 0.3) is 0 Å². The Morgan fingerprint density at radius 2 is 1.16 bits per heavy atom. The van der Waals surface area contributed by atoms with Crippen LogP contribution in [0.15, 0.2) is 152 Å². The van der Waals surface area contributed by atoms with Gasteiger partial charge in [-0.15, -0.1) is 22.7 Å². The Bertz CT molecular complexity index is 2760. The van der Waals surface area contributed by atoms with Crippen LogP contribution in [-0.2, 0) is 0 Å². The normalized spacial score (nSPS) is 12.0. The summed E-state index contributed by atoms with van der Waals surface area (Å²) in [7, 11) is 0. The molecule has 45 heavy (non-hydrogen) atoms. The predicted octanol–water partition coefficient (Wildman–Crippen LogP) is 12.9. The average Bonchev–Trinajstić information content (AvgIpc) is 3.77. The molecular formula is C42H25NS2. The van der Waals surface area contributed by atoms with Crippen molar-refractivity contribution in [3.05, 3.63) is 152 Å². The fourth-order valence-electron chi connectivity index (χ4n) is 7.15. The summed E-state index contributed by atoms with van der Waals surface area (Å²) in [5.41, 5.74) is 8.79. The Balaban J connectivity index is 1.14. The Morgan fingerprint density at radius 3 is 2.09 bits per heavy atom. The molecule has 0 amide bonds. The number of fused-ring (bicyclic) bond motifs is 10. The van der Waals surface area contributed by atoms with E-state index in [2.05, 4.69) is 156 Å². The molecule has 0 aliphatic rings. The fourth-order valence-corrected chi connectivity index (χ4v) is 9.68. The zero-order valence-corrected chi connectivity index (χ0v) is 25.8. The van der Waals surface area contributed by atoms with E-state index in [1.54, 1.807) is 0 Å². The molecule has 3 heterocycles. The molecule has 0 bridgehead atoms. The molecule has 0 aliphatic heterocycles. The van der Waals surface area contributed by atoms with E-state index in [-0.39, 0.29) is 0 Å². The van der Waals surface area contributed by atoms with Crippen molar-refractivity contribution in [1.29, 1.82) is 0 Å². The van der Waals surface area contributed by atoms with Crippen LogP contribution in [0.3, 0.4) is 0 Å². The van der Waals surface area contributed by atoms with Crippen molar-refractivity contribution in [3.63, 3.8) is 0 Å². The second-order valence-corrected chi connectivity index (χ2v) is 13.8. The lowest BCUT2D eigenvalue weighted by Crippen LogP contribution is -1.92. The number of thiophene rings is 2. The van der Waals surface area contributed by atoms with Crippen LogP contribution in [0.1, 0.15) is 0 Å². The Morgan fingerprint density at radius 1 is 0.422 bits per heavy atom. The predicted molar refractivity (Wildman–Crippen MR) is 197 cm³/mol. The minimum atomic E-state index is 1.20. The zero-order chi connectivity index (χ0) is 29.5. The summed E-state index contributed by atoms with van der Waals surface area (Å²) in [4.78, 5) is 0. The van der Waals surface area contributed by atoms with Crippen molar-refractivity contribution in [2.24, 2.45) is 0 Å². The first-order chi connectivity index (χ1) is 22.3. The highest BCUT2D eigenvalue weighted by Crippen LogP contribution is 2.45. The summed E-state index contributed by atoms with van der Waals surface area (Å²) in [6.07, 6.45) is 0. The van der Waals surface area contributed by atoms with Crippen LogP contribution in [-0.4, -0.2) is 4.57 Å². The standard InChI is InChI=1S/C42H25NS2/c1-2-13-30(14-3-1)43-36-18-7-6-16-33(36)42-40(43)34-22-21-28(25-38(34)45-42)27-11-8-12-29(24-27)31-17-9-19-37-39(31)35-23-20-26-10-4-5-15-32(26)41(35)44-37/h1-25H. The molecular weight excluding hydrogens is 583 g/mol. The topological polar surface area (TPSA) is 4.93 Å². The molecule has 0 aliphatic carbocycles. The summed E-state index contributed by atoms with van der Waals surface area (Å²) in [5.74, 6) is 0. The van der Waals surface area contributed by atoms with Crippen LogP contribution < -0.4 is 0 Å². The van der Waals surface area contributed by atoms with Gasteiger partial charge in [0.05, 0.1) is 15.7 Å². The molecule has 0 N–H and O–H groups in total. The van der Waals surface area contributed by atoms with Gasteiger partial charge in [0.2, 0.25) is 0 Å². The van der Waals surface area contributed by atoms with Crippen molar-refractivity contribution >= 4 is 84.8 Å². The second kappa shape index (κ2) is 9.64. The summed E-state index contributed by atoms with van der Waals surface area (Å²) >= 11 is 3.81. The average molecular weight is 608 g/mol. The Labute approximate surface area is 267 Å². The summed E-state index contributed by atoms with van der Waals surface area (Å²) in [6.45, 7) is 0. The smallest absolute Gasteiger partial charge is 0.0727 e. The minimum Gasteiger partial charge on any atom is -0.308 e. The zero-order valence-electron chi connectivity index (χ0n) is 24.2. The molecule has 7 aromatic carbocycles. The van der Waals surface area contributed by atoms with Crippen molar-refractivity contribution < 1.29 is 0 Å². The van der Waals surface area contributed by atoms with Gasteiger partial charge in [-0.05, 0) is 69.4 Å². The third-order valence-corrected chi connectivity index (χ3v) is 11.6. The van der Waals surface area contributed by atoms with E-state index in [1.165, 1.54) is 90.1 Å². The highest BCUT2D eigenvalue weighted by atomic mass is 32.1. The molecule has 0 spiro atoms. The van der Waals surface area contributed by atoms with Crippen molar-refractivity contribution in [3.8, 4) is 27.9 Å². The number of nitrogens with zero attached hydrogens (tertiary/aromatic N) is 1. The summed E-state index contributed by atoms with van der Waals surface area (Å²) in [5, 5.41) is 7.94. The van der Waals surface area contributed by atoms with Gasteiger partial charge in [0, 0.05) is 41.3 Å². The molecule has 0 fully saturated rings. The van der Waals surface area contributed by atoms with Gasteiger partial charge in [-0.1, -0.05) is 115 Å². The van der Waals surface area contributed by atoms with E-state index >= 15 is 0 Å². The maximum absolute atomic E-state index is 2.43. The van der Waals surface area contributed by atoms with Crippen LogP contribution in [0.25, 0.3) is 90.1 Å². The number of hydrogen-bond donors (Lipinski definition) is 0. The number of benzene rings is 7.